The van der Waals surface area contributed by atoms with Gasteiger partial charge in [-0.15, -0.1) is 0 Å². The van der Waals surface area contributed by atoms with Gasteiger partial charge in [-0.2, -0.15) is 0 Å². The maximum Gasteiger partial charge on any atom is 0.236 e. The Kier molecular flexibility index (Phi) is 3.65. The first-order chi connectivity index (χ1) is 7.47. The highest BCUT2D eigenvalue weighted by atomic mass is 19.2. The summed E-state index contributed by atoms with van der Waals surface area (Å²) >= 11 is 0. The summed E-state index contributed by atoms with van der Waals surface area (Å²) in [6, 6.07) is 2.18. The van der Waals surface area contributed by atoms with Crippen LogP contribution >= 0.6 is 0 Å². The van der Waals surface area contributed by atoms with Gasteiger partial charge in [-0.3, -0.25) is 4.79 Å². The normalized spacial score (nSPS) is 10.2. The van der Waals surface area contributed by atoms with Crippen LogP contribution in [0.25, 0.3) is 0 Å². The molecule has 0 fully saturated rings. The van der Waals surface area contributed by atoms with E-state index in [1.54, 1.807) is 6.92 Å². The van der Waals surface area contributed by atoms with E-state index in [0.717, 1.165) is 6.07 Å². The second-order valence-electron chi connectivity index (χ2n) is 3.28. The van der Waals surface area contributed by atoms with Crippen LogP contribution < -0.4 is 16.4 Å². The van der Waals surface area contributed by atoms with Crippen LogP contribution in [0.2, 0.25) is 0 Å². The third kappa shape index (κ3) is 2.39. The number of rotatable bonds is 4. The standard InChI is InChI=1S/C10H13F2N3O/c1-2-15(5-8(14)16)10-7(13)4-3-6(11)9(10)12/h3-4H,2,5,13H2,1H3,(H2,14,16). The SMILES string of the molecule is CCN(CC(N)=O)c1c(N)ccc(F)c1F. The van der Waals surface area contributed by atoms with Crippen molar-refractivity contribution in [1.29, 1.82) is 0 Å². The predicted molar refractivity (Wildman–Crippen MR) is 57.9 cm³/mol. The summed E-state index contributed by atoms with van der Waals surface area (Å²) in [6.07, 6.45) is 0. The quantitative estimate of drug-likeness (QED) is 0.752. The first kappa shape index (κ1) is 12.2. The van der Waals surface area contributed by atoms with Gasteiger partial charge in [-0.25, -0.2) is 8.78 Å². The molecule has 1 rings (SSSR count). The summed E-state index contributed by atoms with van der Waals surface area (Å²) in [5, 5.41) is 0. The van der Waals surface area contributed by atoms with Gasteiger partial charge in [0, 0.05) is 6.54 Å². The van der Waals surface area contributed by atoms with Crippen LogP contribution in [-0.4, -0.2) is 19.0 Å². The van der Waals surface area contributed by atoms with Gasteiger partial charge in [0.2, 0.25) is 5.91 Å². The van der Waals surface area contributed by atoms with Crippen LogP contribution in [0.5, 0.6) is 0 Å². The van der Waals surface area contributed by atoms with Gasteiger partial charge in [-0.1, -0.05) is 0 Å². The van der Waals surface area contributed by atoms with Gasteiger partial charge in [0.25, 0.3) is 0 Å². The zero-order valence-electron chi connectivity index (χ0n) is 8.84. The Morgan fingerprint density at radius 1 is 1.44 bits per heavy atom. The smallest absolute Gasteiger partial charge is 0.236 e. The molecule has 1 aromatic carbocycles. The van der Waals surface area contributed by atoms with E-state index in [9.17, 15) is 13.6 Å². The summed E-state index contributed by atoms with van der Waals surface area (Å²) in [7, 11) is 0. The number of nitrogen functional groups attached to an aromatic ring is 1. The first-order valence-corrected chi connectivity index (χ1v) is 4.74. The molecule has 0 aromatic heterocycles. The monoisotopic (exact) mass is 229 g/mol. The second kappa shape index (κ2) is 4.78. The van der Waals surface area contributed by atoms with Gasteiger partial charge in [0.05, 0.1) is 17.9 Å². The number of hydrogen-bond donors (Lipinski definition) is 2. The van der Waals surface area contributed by atoms with Crippen LogP contribution in [0, 0.1) is 11.6 Å². The van der Waals surface area contributed by atoms with Gasteiger partial charge in [-0.05, 0) is 19.1 Å². The lowest BCUT2D eigenvalue weighted by molar-refractivity contribution is -0.116. The van der Waals surface area contributed by atoms with E-state index in [2.05, 4.69) is 0 Å². The Bertz CT molecular complexity index is 409. The van der Waals surface area contributed by atoms with E-state index < -0.39 is 17.5 Å². The van der Waals surface area contributed by atoms with E-state index >= 15 is 0 Å². The van der Waals surface area contributed by atoms with Crippen molar-refractivity contribution >= 4 is 17.3 Å². The molecule has 1 amide bonds. The number of benzene rings is 1. The van der Waals surface area contributed by atoms with E-state index in [1.807, 2.05) is 0 Å². The fourth-order valence-corrected chi connectivity index (χ4v) is 1.41. The number of halogens is 2. The summed E-state index contributed by atoms with van der Waals surface area (Å²) in [5.74, 6) is -2.71. The lowest BCUT2D eigenvalue weighted by Crippen LogP contribution is -2.34. The number of amides is 1. The average molecular weight is 229 g/mol. The summed E-state index contributed by atoms with van der Waals surface area (Å²) in [5.41, 5.74) is 10.5. The van der Waals surface area contributed by atoms with Crippen LogP contribution in [0.3, 0.4) is 0 Å². The third-order valence-corrected chi connectivity index (χ3v) is 2.14. The Morgan fingerprint density at radius 2 is 2.06 bits per heavy atom. The maximum absolute atomic E-state index is 13.5. The molecule has 0 saturated heterocycles. The molecule has 0 unspecified atom stereocenters. The number of anilines is 2. The molecule has 16 heavy (non-hydrogen) atoms. The topological polar surface area (TPSA) is 72.3 Å². The van der Waals surface area contributed by atoms with Crippen molar-refractivity contribution in [3.05, 3.63) is 23.8 Å². The van der Waals surface area contributed by atoms with Crippen molar-refractivity contribution in [1.82, 2.24) is 0 Å². The van der Waals surface area contributed by atoms with E-state index in [-0.39, 0.29) is 17.9 Å². The van der Waals surface area contributed by atoms with Crippen molar-refractivity contribution in [3.8, 4) is 0 Å². The molecular weight excluding hydrogens is 216 g/mol. The Morgan fingerprint density at radius 3 is 2.56 bits per heavy atom. The summed E-state index contributed by atoms with van der Waals surface area (Å²) < 4.78 is 26.5. The van der Waals surface area contributed by atoms with Gasteiger partial charge in [0.1, 0.15) is 0 Å². The average Bonchev–Trinajstić information content (AvgIpc) is 2.22. The van der Waals surface area contributed by atoms with E-state index in [0.29, 0.717) is 6.54 Å². The van der Waals surface area contributed by atoms with Crippen molar-refractivity contribution < 1.29 is 13.6 Å². The summed E-state index contributed by atoms with van der Waals surface area (Å²) in [6.45, 7) is 1.78. The van der Waals surface area contributed by atoms with Crippen molar-refractivity contribution in [3.63, 3.8) is 0 Å². The lowest BCUT2D eigenvalue weighted by Gasteiger charge is -2.23. The molecule has 0 saturated carbocycles. The van der Waals surface area contributed by atoms with Crippen LogP contribution in [0.15, 0.2) is 12.1 Å². The maximum atomic E-state index is 13.5. The molecule has 6 heteroatoms. The lowest BCUT2D eigenvalue weighted by atomic mass is 10.2. The molecule has 88 valence electrons. The first-order valence-electron chi connectivity index (χ1n) is 4.74. The minimum Gasteiger partial charge on any atom is -0.397 e. The van der Waals surface area contributed by atoms with Crippen LogP contribution in [0.4, 0.5) is 20.2 Å². The molecule has 0 spiro atoms. The fourth-order valence-electron chi connectivity index (χ4n) is 1.41. The highest BCUT2D eigenvalue weighted by Crippen LogP contribution is 2.28. The zero-order chi connectivity index (χ0) is 12.3. The number of likely N-dealkylation sites (N-methyl/N-ethyl adjacent to an activating group) is 1. The van der Waals surface area contributed by atoms with Crippen molar-refractivity contribution in [2.75, 3.05) is 23.7 Å². The molecule has 0 aliphatic carbocycles. The minimum absolute atomic E-state index is 0.0713. The molecule has 0 atom stereocenters. The van der Waals surface area contributed by atoms with Gasteiger partial charge in [0.15, 0.2) is 11.6 Å². The van der Waals surface area contributed by atoms with Crippen molar-refractivity contribution in [2.45, 2.75) is 6.92 Å². The third-order valence-electron chi connectivity index (χ3n) is 2.14. The Balaban J connectivity index is 3.18. The summed E-state index contributed by atoms with van der Waals surface area (Å²) in [4.78, 5) is 12.1. The van der Waals surface area contributed by atoms with Gasteiger partial charge < -0.3 is 16.4 Å². The van der Waals surface area contributed by atoms with Crippen LogP contribution in [0.1, 0.15) is 6.92 Å². The largest absolute Gasteiger partial charge is 0.397 e. The number of nitrogens with two attached hydrogens (primary N) is 2. The highest BCUT2D eigenvalue weighted by Gasteiger charge is 2.18. The number of nitrogens with zero attached hydrogens (tertiary/aromatic N) is 1. The fraction of sp³-hybridized carbons (Fsp3) is 0.300. The predicted octanol–water partition coefficient (Wildman–Crippen LogP) is 0.859. The minimum atomic E-state index is -1.07. The molecule has 4 nitrogen and oxygen atoms in total. The van der Waals surface area contributed by atoms with E-state index in [4.69, 9.17) is 11.5 Å². The Hall–Kier alpha value is -1.85. The molecule has 0 heterocycles. The molecule has 0 radical (unpaired) electrons. The molecular formula is C10H13F2N3O. The number of carbonyl (C=O) groups excluding carboxylic acids is 1. The number of hydrogen-bond acceptors (Lipinski definition) is 3. The zero-order valence-corrected chi connectivity index (χ0v) is 8.84. The highest BCUT2D eigenvalue weighted by molar-refractivity contribution is 5.81. The molecule has 0 aliphatic rings. The number of primary amides is 1. The van der Waals surface area contributed by atoms with Crippen molar-refractivity contribution in [2.24, 2.45) is 5.73 Å². The number of carbonyl (C=O) groups is 1. The second-order valence-corrected chi connectivity index (χ2v) is 3.28. The van der Waals surface area contributed by atoms with Gasteiger partial charge >= 0.3 is 0 Å². The Labute approximate surface area is 91.8 Å². The molecule has 0 aliphatic heterocycles. The molecule has 1 aromatic rings. The molecule has 0 bridgehead atoms. The van der Waals surface area contributed by atoms with Crippen LogP contribution in [-0.2, 0) is 4.79 Å². The molecule has 4 N–H and O–H groups in total. The van der Waals surface area contributed by atoms with E-state index in [1.165, 1.54) is 11.0 Å².